The minimum Gasteiger partial charge on any atom is -0.366 e. The van der Waals surface area contributed by atoms with Crippen molar-refractivity contribution in [3.63, 3.8) is 0 Å². The van der Waals surface area contributed by atoms with E-state index in [1.54, 1.807) is 12.1 Å². The molecule has 0 saturated heterocycles. The Kier molecular flexibility index (Phi) is 2.25. The standard InChI is InChI=1S/C12H15FN2/c1-15(2)11(14)12(7-8-12)9-3-5-10(13)6-4-9/h3-6,14H,7-8H2,1-2H3. The highest BCUT2D eigenvalue weighted by atomic mass is 19.1. The Hall–Kier alpha value is -1.38. The first kappa shape index (κ1) is 10.1. The highest BCUT2D eigenvalue weighted by molar-refractivity contribution is 5.93. The van der Waals surface area contributed by atoms with Crippen molar-refractivity contribution in [3.05, 3.63) is 35.6 Å². The molecule has 2 rings (SSSR count). The highest BCUT2D eigenvalue weighted by Gasteiger charge is 2.49. The number of nitrogens with zero attached hydrogens (tertiary/aromatic N) is 1. The quantitative estimate of drug-likeness (QED) is 0.584. The van der Waals surface area contributed by atoms with Crippen molar-refractivity contribution in [1.29, 1.82) is 5.41 Å². The average molecular weight is 206 g/mol. The minimum absolute atomic E-state index is 0.142. The summed E-state index contributed by atoms with van der Waals surface area (Å²) in [5.74, 6) is 0.403. The van der Waals surface area contributed by atoms with Gasteiger partial charge in [0.1, 0.15) is 11.7 Å². The van der Waals surface area contributed by atoms with Gasteiger partial charge in [0, 0.05) is 14.1 Å². The Morgan fingerprint density at radius 3 is 2.20 bits per heavy atom. The summed E-state index contributed by atoms with van der Waals surface area (Å²) >= 11 is 0. The van der Waals surface area contributed by atoms with Crippen LogP contribution in [0.1, 0.15) is 18.4 Å². The van der Waals surface area contributed by atoms with Crippen LogP contribution < -0.4 is 0 Å². The fourth-order valence-electron chi connectivity index (χ4n) is 1.98. The van der Waals surface area contributed by atoms with Crippen molar-refractivity contribution >= 4 is 5.84 Å². The predicted octanol–water partition coefficient (Wildman–Crippen LogP) is 2.40. The summed E-state index contributed by atoms with van der Waals surface area (Å²) in [7, 11) is 3.76. The summed E-state index contributed by atoms with van der Waals surface area (Å²) in [6.45, 7) is 0. The van der Waals surface area contributed by atoms with E-state index in [0.29, 0.717) is 5.84 Å². The topological polar surface area (TPSA) is 27.1 Å². The van der Waals surface area contributed by atoms with Gasteiger partial charge in [0.05, 0.1) is 5.41 Å². The van der Waals surface area contributed by atoms with Crippen LogP contribution in [0.3, 0.4) is 0 Å². The number of halogens is 1. The SMILES string of the molecule is CN(C)C(=N)C1(c2ccc(F)cc2)CC1. The third-order valence-electron chi connectivity index (χ3n) is 3.05. The van der Waals surface area contributed by atoms with Gasteiger partial charge in [0.15, 0.2) is 0 Å². The molecule has 1 aromatic carbocycles. The number of hydrogen-bond donors (Lipinski definition) is 1. The first-order chi connectivity index (χ1) is 7.06. The summed E-state index contributed by atoms with van der Waals surface area (Å²) < 4.78 is 12.8. The largest absolute Gasteiger partial charge is 0.366 e. The van der Waals surface area contributed by atoms with E-state index >= 15 is 0 Å². The lowest BCUT2D eigenvalue weighted by Crippen LogP contribution is -2.33. The van der Waals surface area contributed by atoms with Crippen LogP contribution in [0, 0.1) is 11.2 Å². The summed E-state index contributed by atoms with van der Waals surface area (Å²) in [5.41, 5.74) is 0.916. The van der Waals surface area contributed by atoms with Crippen LogP contribution >= 0.6 is 0 Å². The number of amidine groups is 1. The van der Waals surface area contributed by atoms with Crippen LogP contribution in [0.15, 0.2) is 24.3 Å². The lowest BCUT2D eigenvalue weighted by molar-refractivity contribution is 0.575. The second-order valence-electron chi connectivity index (χ2n) is 4.33. The molecule has 80 valence electrons. The van der Waals surface area contributed by atoms with Crippen molar-refractivity contribution in [1.82, 2.24) is 4.90 Å². The normalized spacial score (nSPS) is 17.3. The van der Waals surface area contributed by atoms with Gasteiger partial charge in [-0.25, -0.2) is 4.39 Å². The smallest absolute Gasteiger partial charge is 0.123 e. The zero-order chi connectivity index (χ0) is 11.1. The van der Waals surface area contributed by atoms with E-state index in [1.165, 1.54) is 12.1 Å². The van der Waals surface area contributed by atoms with Gasteiger partial charge in [-0.15, -0.1) is 0 Å². The molecule has 2 nitrogen and oxygen atoms in total. The first-order valence-electron chi connectivity index (χ1n) is 5.09. The van der Waals surface area contributed by atoms with Crippen LogP contribution in [0.4, 0.5) is 4.39 Å². The van der Waals surface area contributed by atoms with Crippen molar-refractivity contribution in [2.24, 2.45) is 0 Å². The summed E-state index contributed by atoms with van der Waals surface area (Å²) in [4.78, 5) is 1.83. The summed E-state index contributed by atoms with van der Waals surface area (Å²) in [6, 6.07) is 6.53. The van der Waals surface area contributed by atoms with Crippen molar-refractivity contribution in [2.75, 3.05) is 14.1 Å². The van der Waals surface area contributed by atoms with Crippen LogP contribution in [-0.2, 0) is 5.41 Å². The van der Waals surface area contributed by atoms with E-state index in [4.69, 9.17) is 5.41 Å². The van der Waals surface area contributed by atoms with Gasteiger partial charge in [-0.05, 0) is 30.5 Å². The lowest BCUT2D eigenvalue weighted by atomic mass is 9.94. The first-order valence-corrected chi connectivity index (χ1v) is 5.09. The third kappa shape index (κ3) is 1.62. The predicted molar refractivity (Wildman–Crippen MR) is 58.7 cm³/mol. The minimum atomic E-state index is -0.217. The number of hydrogen-bond acceptors (Lipinski definition) is 1. The number of likely N-dealkylation sites (N-methyl/N-ethyl adjacent to an activating group) is 1. The Labute approximate surface area is 89.2 Å². The van der Waals surface area contributed by atoms with Crippen LogP contribution in [0.25, 0.3) is 0 Å². The summed E-state index contributed by atoms with van der Waals surface area (Å²) in [5, 5.41) is 8.03. The maximum absolute atomic E-state index is 12.8. The molecule has 0 atom stereocenters. The molecular weight excluding hydrogens is 191 g/mol. The Morgan fingerprint density at radius 1 is 1.27 bits per heavy atom. The Bertz CT molecular complexity index is 377. The molecular formula is C12H15FN2. The van der Waals surface area contributed by atoms with Gasteiger partial charge in [-0.2, -0.15) is 0 Å². The van der Waals surface area contributed by atoms with Crippen molar-refractivity contribution in [3.8, 4) is 0 Å². The molecule has 3 heteroatoms. The van der Waals surface area contributed by atoms with E-state index in [2.05, 4.69) is 0 Å². The molecule has 15 heavy (non-hydrogen) atoms. The number of nitrogens with one attached hydrogen (secondary N) is 1. The van der Waals surface area contributed by atoms with Crippen molar-refractivity contribution in [2.45, 2.75) is 18.3 Å². The van der Waals surface area contributed by atoms with Gasteiger partial charge in [-0.3, -0.25) is 5.41 Å². The molecule has 1 aliphatic rings. The molecule has 1 saturated carbocycles. The summed E-state index contributed by atoms with van der Waals surface area (Å²) in [6.07, 6.45) is 1.99. The third-order valence-corrected chi connectivity index (χ3v) is 3.05. The maximum Gasteiger partial charge on any atom is 0.123 e. The van der Waals surface area contributed by atoms with Crippen LogP contribution in [-0.4, -0.2) is 24.8 Å². The maximum atomic E-state index is 12.8. The van der Waals surface area contributed by atoms with Crippen molar-refractivity contribution < 1.29 is 4.39 Å². The molecule has 1 fully saturated rings. The van der Waals surface area contributed by atoms with Gasteiger partial charge in [0.25, 0.3) is 0 Å². The molecule has 0 bridgehead atoms. The molecule has 1 aromatic rings. The van der Waals surface area contributed by atoms with Crippen LogP contribution in [0.5, 0.6) is 0 Å². The number of rotatable bonds is 2. The van der Waals surface area contributed by atoms with E-state index in [-0.39, 0.29) is 11.2 Å². The lowest BCUT2D eigenvalue weighted by Gasteiger charge is -2.23. The van der Waals surface area contributed by atoms with E-state index in [0.717, 1.165) is 18.4 Å². The fourth-order valence-corrected chi connectivity index (χ4v) is 1.98. The van der Waals surface area contributed by atoms with Gasteiger partial charge >= 0.3 is 0 Å². The highest BCUT2D eigenvalue weighted by Crippen LogP contribution is 2.49. The average Bonchev–Trinajstić information content (AvgIpc) is 2.99. The van der Waals surface area contributed by atoms with Gasteiger partial charge in [-0.1, -0.05) is 12.1 Å². The zero-order valence-corrected chi connectivity index (χ0v) is 9.05. The second kappa shape index (κ2) is 3.33. The molecule has 0 aliphatic heterocycles. The molecule has 1 aliphatic carbocycles. The molecule has 0 spiro atoms. The molecule has 0 unspecified atom stereocenters. The molecule has 0 radical (unpaired) electrons. The van der Waals surface area contributed by atoms with E-state index in [1.807, 2.05) is 19.0 Å². The molecule has 0 heterocycles. The molecule has 1 N–H and O–H groups in total. The van der Waals surface area contributed by atoms with E-state index < -0.39 is 0 Å². The number of benzene rings is 1. The monoisotopic (exact) mass is 206 g/mol. The van der Waals surface area contributed by atoms with Crippen LogP contribution in [0.2, 0.25) is 0 Å². The second-order valence-corrected chi connectivity index (χ2v) is 4.33. The zero-order valence-electron chi connectivity index (χ0n) is 9.05. The van der Waals surface area contributed by atoms with Gasteiger partial charge in [0.2, 0.25) is 0 Å². The Balaban J connectivity index is 2.30. The molecule has 0 aromatic heterocycles. The van der Waals surface area contributed by atoms with E-state index in [9.17, 15) is 4.39 Å². The van der Waals surface area contributed by atoms with Gasteiger partial charge < -0.3 is 4.90 Å². The Morgan fingerprint density at radius 2 is 1.80 bits per heavy atom. The molecule has 0 amide bonds. The fraction of sp³-hybridized carbons (Fsp3) is 0.417.